The molecule has 0 aromatic heterocycles. The van der Waals surface area contributed by atoms with Crippen LogP contribution >= 0.6 is 0 Å². The Balaban J connectivity index is 1.23. The van der Waals surface area contributed by atoms with Gasteiger partial charge in [-0.2, -0.15) is 0 Å². The van der Waals surface area contributed by atoms with Gasteiger partial charge in [0.1, 0.15) is 6.10 Å². The zero-order chi connectivity index (χ0) is 21.3. The molecule has 174 valence electrons. The predicted octanol–water partition coefficient (Wildman–Crippen LogP) is 4.35. The Morgan fingerprint density at radius 1 is 0.871 bits per heavy atom. The first kappa shape index (κ1) is 20.2. The number of aliphatic hydroxyl groups excluding tert-OH is 1. The topological polar surface area (TPSA) is 54.0 Å². The minimum atomic E-state index is -0.335. The van der Waals surface area contributed by atoms with Gasteiger partial charge in [-0.05, 0) is 97.7 Å². The minimum Gasteiger partial charge on any atom is -0.393 e. The highest BCUT2D eigenvalue weighted by Crippen LogP contribution is 2.71. The zero-order valence-electron chi connectivity index (χ0n) is 20.0. The van der Waals surface area contributed by atoms with E-state index in [1.54, 1.807) is 0 Å². The summed E-state index contributed by atoms with van der Waals surface area (Å²) in [5, 5.41) is 14.2. The number of rotatable bonds is 0. The van der Waals surface area contributed by atoms with Crippen molar-refractivity contribution in [3.05, 3.63) is 0 Å². The van der Waals surface area contributed by atoms with Crippen molar-refractivity contribution in [2.24, 2.45) is 52.3 Å². The zero-order valence-corrected chi connectivity index (χ0v) is 20.0. The maximum atomic E-state index is 10.4. The number of nitrogens with one attached hydrogen (secondary N) is 1. The van der Waals surface area contributed by atoms with Gasteiger partial charge >= 0.3 is 0 Å². The fraction of sp³-hybridized carbons (Fsp3) is 1.00. The fourth-order valence-corrected chi connectivity index (χ4v) is 10.7. The SMILES string of the molecule is C[C@H]1[C@@H]2CC[C@H]3[C@@H]4CC[C@H]5C[C@@H](O)CC[C@]5(C)[C@H]4C[C@@]3(C)[C@@H]2O[C@]23O[C@H]2[C@H](C)CN[C@@H]13. The molecule has 14 atom stereocenters. The summed E-state index contributed by atoms with van der Waals surface area (Å²) < 4.78 is 13.6. The summed E-state index contributed by atoms with van der Waals surface area (Å²) in [4.78, 5) is 0. The monoisotopic (exact) mass is 429 g/mol. The molecule has 7 rings (SSSR count). The van der Waals surface area contributed by atoms with Gasteiger partial charge in [0, 0.05) is 12.5 Å². The van der Waals surface area contributed by atoms with Crippen molar-refractivity contribution in [1.29, 1.82) is 0 Å². The van der Waals surface area contributed by atoms with E-state index >= 15 is 0 Å². The molecular weight excluding hydrogens is 386 g/mol. The lowest BCUT2D eigenvalue weighted by Gasteiger charge is -2.57. The quantitative estimate of drug-likeness (QED) is 0.562. The summed E-state index contributed by atoms with van der Waals surface area (Å²) in [6, 6.07) is 0.375. The van der Waals surface area contributed by atoms with E-state index in [1.807, 2.05) is 0 Å². The highest BCUT2D eigenvalue weighted by molar-refractivity contribution is 5.20. The summed E-state index contributed by atoms with van der Waals surface area (Å²) in [5.74, 6) is 4.74. The van der Waals surface area contributed by atoms with Crippen LogP contribution < -0.4 is 5.32 Å². The molecule has 7 aliphatic rings. The Morgan fingerprint density at radius 3 is 2.48 bits per heavy atom. The first-order valence-electron chi connectivity index (χ1n) is 13.5. The molecule has 2 N–H and O–H groups in total. The maximum Gasteiger partial charge on any atom is 0.212 e. The number of aliphatic hydroxyl groups is 1. The molecule has 4 saturated carbocycles. The molecule has 31 heavy (non-hydrogen) atoms. The van der Waals surface area contributed by atoms with Gasteiger partial charge in [0.2, 0.25) is 5.79 Å². The van der Waals surface area contributed by atoms with Crippen LogP contribution in [-0.4, -0.2) is 41.8 Å². The van der Waals surface area contributed by atoms with Crippen LogP contribution in [0.4, 0.5) is 0 Å². The normalized spacial score (nSPS) is 66.7. The molecule has 4 heteroatoms. The smallest absolute Gasteiger partial charge is 0.212 e. The van der Waals surface area contributed by atoms with E-state index in [2.05, 4.69) is 33.0 Å². The molecule has 3 heterocycles. The first-order valence-corrected chi connectivity index (χ1v) is 13.5. The average Bonchev–Trinajstić information content (AvgIpc) is 3.38. The van der Waals surface area contributed by atoms with Crippen LogP contribution in [0, 0.1) is 52.3 Å². The molecule has 1 spiro atoms. The molecule has 0 bridgehead atoms. The number of fused-ring (bicyclic) bond motifs is 7. The summed E-state index contributed by atoms with van der Waals surface area (Å²) in [5.41, 5.74) is 0.718. The van der Waals surface area contributed by atoms with Crippen molar-refractivity contribution < 1.29 is 14.6 Å². The van der Waals surface area contributed by atoms with E-state index < -0.39 is 0 Å². The molecule has 0 aromatic rings. The van der Waals surface area contributed by atoms with Gasteiger partial charge in [0.25, 0.3) is 0 Å². The van der Waals surface area contributed by atoms with Crippen LogP contribution in [0.2, 0.25) is 0 Å². The number of epoxide rings is 1. The second-order valence-electron chi connectivity index (χ2n) is 13.6. The molecule has 4 aliphatic carbocycles. The van der Waals surface area contributed by atoms with E-state index in [0.717, 1.165) is 43.1 Å². The van der Waals surface area contributed by atoms with Crippen LogP contribution in [0.25, 0.3) is 0 Å². The lowest BCUT2D eigenvalue weighted by Crippen LogP contribution is -2.66. The minimum absolute atomic E-state index is 0.0541. The van der Waals surface area contributed by atoms with Gasteiger partial charge in [0.15, 0.2) is 0 Å². The Morgan fingerprint density at radius 2 is 1.65 bits per heavy atom. The Hall–Kier alpha value is -0.160. The molecule has 3 saturated heterocycles. The molecule has 0 radical (unpaired) electrons. The van der Waals surface area contributed by atoms with Crippen LogP contribution in [0.15, 0.2) is 0 Å². The van der Waals surface area contributed by atoms with Crippen molar-refractivity contribution in [3.63, 3.8) is 0 Å². The number of piperidine rings is 1. The highest BCUT2D eigenvalue weighted by atomic mass is 16.8. The van der Waals surface area contributed by atoms with E-state index in [4.69, 9.17) is 9.47 Å². The van der Waals surface area contributed by atoms with Crippen molar-refractivity contribution >= 4 is 0 Å². The Bertz CT molecular complexity index is 774. The molecule has 7 fully saturated rings. The van der Waals surface area contributed by atoms with E-state index in [9.17, 15) is 5.11 Å². The summed E-state index contributed by atoms with van der Waals surface area (Å²) in [6.45, 7) is 11.1. The van der Waals surface area contributed by atoms with Gasteiger partial charge in [-0.25, -0.2) is 0 Å². The Labute approximate surface area is 188 Å². The number of hydrogen-bond acceptors (Lipinski definition) is 4. The van der Waals surface area contributed by atoms with Crippen LogP contribution in [-0.2, 0) is 9.47 Å². The molecule has 0 aromatic carbocycles. The summed E-state index contributed by atoms with van der Waals surface area (Å²) >= 11 is 0. The predicted molar refractivity (Wildman–Crippen MR) is 119 cm³/mol. The summed E-state index contributed by atoms with van der Waals surface area (Å²) in [6.07, 6.45) is 10.7. The number of ether oxygens (including phenoxy) is 2. The van der Waals surface area contributed by atoms with Crippen molar-refractivity contribution in [2.45, 2.75) is 109 Å². The largest absolute Gasteiger partial charge is 0.393 e. The maximum absolute atomic E-state index is 10.4. The summed E-state index contributed by atoms with van der Waals surface area (Å²) in [7, 11) is 0. The second kappa shape index (κ2) is 6.29. The van der Waals surface area contributed by atoms with Gasteiger partial charge in [0.05, 0.1) is 18.2 Å². The van der Waals surface area contributed by atoms with Crippen molar-refractivity contribution in [2.75, 3.05) is 6.54 Å². The van der Waals surface area contributed by atoms with Crippen LogP contribution in [0.1, 0.15) is 79.1 Å². The molecule has 0 amide bonds. The second-order valence-corrected chi connectivity index (χ2v) is 13.6. The van der Waals surface area contributed by atoms with Gasteiger partial charge < -0.3 is 19.9 Å². The van der Waals surface area contributed by atoms with E-state index in [-0.39, 0.29) is 17.3 Å². The van der Waals surface area contributed by atoms with Gasteiger partial charge in [-0.1, -0.05) is 27.7 Å². The molecule has 3 aliphatic heterocycles. The van der Waals surface area contributed by atoms with E-state index in [0.29, 0.717) is 41.4 Å². The highest BCUT2D eigenvalue weighted by Gasteiger charge is 2.75. The third-order valence-corrected chi connectivity index (χ3v) is 12.4. The Kier molecular flexibility index (Phi) is 4.10. The van der Waals surface area contributed by atoms with Crippen LogP contribution in [0.3, 0.4) is 0 Å². The van der Waals surface area contributed by atoms with Crippen LogP contribution in [0.5, 0.6) is 0 Å². The van der Waals surface area contributed by atoms with E-state index in [1.165, 1.54) is 38.5 Å². The van der Waals surface area contributed by atoms with Gasteiger partial charge in [-0.15, -0.1) is 0 Å². The first-order chi connectivity index (χ1) is 14.8. The average molecular weight is 430 g/mol. The molecule has 0 unspecified atom stereocenters. The van der Waals surface area contributed by atoms with Gasteiger partial charge in [-0.3, -0.25) is 0 Å². The number of hydrogen-bond donors (Lipinski definition) is 2. The third kappa shape index (κ3) is 2.42. The molecular formula is C27H43NO3. The molecule has 4 nitrogen and oxygen atoms in total. The lowest BCUT2D eigenvalue weighted by atomic mass is 9.52. The standard InChI is InChI=1S/C27H43NO3/c1-14-13-28-22-15(2)18-7-8-20-19-6-5-16-11-17(29)9-10-25(16,3)21(19)12-26(20,4)24(18)31-27(22)23(14)30-27/h14-24,28-29H,5-13H2,1-4H3/t14-,15+,16+,17+,18+,19+,20+,21+,22+,23+,24-,25+,26-,27+/m1/s1. The van der Waals surface area contributed by atoms with Crippen molar-refractivity contribution in [1.82, 2.24) is 5.32 Å². The third-order valence-electron chi connectivity index (χ3n) is 12.4. The van der Waals surface area contributed by atoms with Crippen molar-refractivity contribution in [3.8, 4) is 0 Å². The lowest BCUT2D eigenvalue weighted by molar-refractivity contribution is -0.245. The fourth-order valence-electron chi connectivity index (χ4n) is 10.7.